The van der Waals surface area contributed by atoms with E-state index in [1.165, 1.54) is 5.56 Å². The van der Waals surface area contributed by atoms with Gasteiger partial charge in [-0.25, -0.2) is 0 Å². The van der Waals surface area contributed by atoms with E-state index in [0.717, 1.165) is 64.7 Å². The minimum atomic E-state index is 0.0631. The summed E-state index contributed by atoms with van der Waals surface area (Å²) in [5.41, 5.74) is 1.43. The number of nitrogens with zero attached hydrogens (tertiary/aromatic N) is 1. The van der Waals surface area contributed by atoms with E-state index < -0.39 is 0 Å². The van der Waals surface area contributed by atoms with E-state index in [4.69, 9.17) is 14.5 Å². The van der Waals surface area contributed by atoms with Crippen molar-refractivity contribution in [3.8, 4) is 0 Å². The number of hydrogen-bond donors (Lipinski definition) is 2. The average molecular weight is 390 g/mol. The summed E-state index contributed by atoms with van der Waals surface area (Å²) >= 11 is 0. The molecule has 5 heteroatoms. The first kappa shape index (κ1) is 22.7. The van der Waals surface area contributed by atoms with Crippen LogP contribution in [0, 0.1) is 5.92 Å². The molecule has 2 N–H and O–H groups in total. The summed E-state index contributed by atoms with van der Waals surface area (Å²) in [4.78, 5) is 4.97. The fraction of sp³-hybridized carbons (Fsp3) is 0.696. The van der Waals surface area contributed by atoms with E-state index in [-0.39, 0.29) is 11.5 Å². The molecule has 0 spiro atoms. The lowest BCUT2D eigenvalue weighted by Crippen LogP contribution is -2.42. The number of hydrogen-bond acceptors (Lipinski definition) is 3. The molecule has 1 unspecified atom stereocenters. The summed E-state index contributed by atoms with van der Waals surface area (Å²) in [6.45, 7) is 13.5. The van der Waals surface area contributed by atoms with Gasteiger partial charge in [0.05, 0.1) is 12.6 Å². The van der Waals surface area contributed by atoms with Crippen LogP contribution in [0.1, 0.15) is 52.5 Å². The summed E-state index contributed by atoms with van der Waals surface area (Å²) < 4.78 is 11.5. The molecule has 1 aromatic rings. The average Bonchev–Trinajstić information content (AvgIpc) is 2.72. The molecule has 1 heterocycles. The van der Waals surface area contributed by atoms with Crippen LogP contribution in [0.3, 0.4) is 0 Å². The maximum Gasteiger partial charge on any atom is 0.191 e. The summed E-state index contributed by atoms with van der Waals surface area (Å²) in [6.07, 6.45) is 3.29. The highest BCUT2D eigenvalue weighted by Gasteiger charge is 2.34. The summed E-state index contributed by atoms with van der Waals surface area (Å²) in [5.74, 6) is 1.41. The maximum atomic E-state index is 5.86. The van der Waals surface area contributed by atoms with Crippen LogP contribution in [0.5, 0.6) is 0 Å². The first-order valence-corrected chi connectivity index (χ1v) is 10.9. The number of aliphatic imine (C=N–C) groups is 1. The van der Waals surface area contributed by atoms with Gasteiger partial charge < -0.3 is 20.1 Å². The van der Waals surface area contributed by atoms with Crippen LogP contribution in [0.15, 0.2) is 35.3 Å². The van der Waals surface area contributed by atoms with Crippen LogP contribution in [0.4, 0.5) is 0 Å². The van der Waals surface area contributed by atoms with Gasteiger partial charge in [-0.15, -0.1) is 0 Å². The van der Waals surface area contributed by atoms with Crippen LogP contribution in [-0.4, -0.2) is 51.5 Å². The quantitative estimate of drug-likeness (QED) is 0.473. The zero-order valence-electron chi connectivity index (χ0n) is 18.2. The molecule has 1 aliphatic rings. The van der Waals surface area contributed by atoms with Crippen LogP contribution >= 0.6 is 0 Å². The fourth-order valence-corrected chi connectivity index (χ4v) is 3.82. The molecule has 0 saturated carbocycles. The zero-order chi connectivity index (χ0) is 20.2. The number of nitrogens with one attached hydrogen (secondary N) is 2. The van der Waals surface area contributed by atoms with Crippen molar-refractivity contribution in [2.75, 3.05) is 39.5 Å². The Hall–Kier alpha value is -1.59. The van der Waals surface area contributed by atoms with E-state index in [9.17, 15) is 0 Å². The first-order valence-electron chi connectivity index (χ1n) is 10.9. The van der Waals surface area contributed by atoms with Gasteiger partial charge in [-0.3, -0.25) is 4.99 Å². The Morgan fingerprint density at radius 3 is 2.46 bits per heavy atom. The van der Waals surface area contributed by atoms with E-state index in [1.54, 1.807) is 0 Å². The van der Waals surface area contributed by atoms with Gasteiger partial charge in [0.15, 0.2) is 5.96 Å². The van der Waals surface area contributed by atoms with Crippen LogP contribution < -0.4 is 10.6 Å². The van der Waals surface area contributed by atoms with Crippen molar-refractivity contribution in [1.82, 2.24) is 10.6 Å². The minimum Gasteiger partial charge on any atom is -0.381 e. The molecule has 0 amide bonds. The van der Waals surface area contributed by atoms with Crippen molar-refractivity contribution in [1.29, 1.82) is 0 Å². The molecule has 5 nitrogen and oxygen atoms in total. The van der Waals surface area contributed by atoms with Crippen molar-refractivity contribution in [3.63, 3.8) is 0 Å². The lowest BCUT2D eigenvalue weighted by molar-refractivity contribution is 0.0258. The van der Waals surface area contributed by atoms with Gasteiger partial charge in [0, 0.05) is 38.3 Å². The molecule has 1 fully saturated rings. The smallest absolute Gasteiger partial charge is 0.191 e. The largest absolute Gasteiger partial charge is 0.381 e. The van der Waals surface area contributed by atoms with Crippen LogP contribution in [0.2, 0.25) is 0 Å². The van der Waals surface area contributed by atoms with Crippen molar-refractivity contribution < 1.29 is 9.47 Å². The predicted molar refractivity (Wildman–Crippen MR) is 117 cm³/mol. The molecular weight excluding hydrogens is 350 g/mol. The van der Waals surface area contributed by atoms with Crippen molar-refractivity contribution >= 4 is 5.96 Å². The molecule has 1 aromatic carbocycles. The molecule has 1 atom stereocenters. The van der Waals surface area contributed by atoms with Gasteiger partial charge in [0.25, 0.3) is 0 Å². The Morgan fingerprint density at radius 1 is 1.14 bits per heavy atom. The highest BCUT2D eigenvalue weighted by atomic mass is 16.5. The molecule has 0 aromatic heterocycles. The van der Waals surface area contributed by atoms with E-state index >= 15 is 0 Å². The Balaban J connectivity index is 2.02. The van der Waals surface area contributed by atoms with E-state index in [1.807, 2.05) is 0 Å². The number of guanidine groups is 1. The van der Waals surface area contributed by atoms with Crippen molar-refractivity contribution in [3.05, 3.63) is 35.9 Å². The molecule has 0 bridgehead atoms. The Kier molecular flexibility index (Phi) is 9.79. The van der Waals surface area contributed by atoms with Gasteiger partial charge in [0.1, 0.15) is 0 Å². The molecule has 28 heavy (non-hydrogen) atoms. The second kappa shape index (κ2) is 12.1. The molecule has 1 saturated heterocycles. The maximum absolute atomic E-state index is 5.86. The lowest BCUT2D eigenvalue weighted by Gasteiger charge is -2.36. The molecule has 158 valence electrons. The van der Waals surface area contributed by atoms with Crippen molar-refractivity contribution in [2.45, 2.75) is 58.5 Å². The summed E-state index contributed by atoms with van der Waals surface area (Å²) in [5, 5.41) is 6.89. The third kappa shape index (κ3) is 6.78. The number of benzene rings is 1. The lowest BCUT2D eigenvalue weighted by atomic mass is 9.74. The topological polar surface area (TPSA) is 54.9 Å². The minimum absolute atomic E-state index is 0.0631. The van der Waals surface area contributed by atoms with Gasteiger partial charge in [-0.1, -0.05) is 44.2 Å². The predicted octanol–water partition coefficient (Wildman–Crippen LogP) is 3.74. The van der Waals surface area contributed by atoms with Gasteiger partial charge in [-0.05, 0) is 44.6 Å². The van der Waals surface area contributed by atoms with E-state index in [2.05, 4.69) is 68.7 Å². The number of rotatable bonds is 10. The molecule has 1 aliphatic heterocycles. The molecule has 0 radical (unpaired) electrons. The Morgan fingerprint density at radius 2 is 1.86 bits per heavy atom. The zero-order valence-corrected chi connectivity index (χ0v) is 18.2. The second-order valence-corrected chi connectivity index (χ2v) is 7.91. The standard InChI is InChI=1S/C23H39N3O2/c1-5-24-22(25-15-12-21(19(3)4)28-6-2)26-18-23(13-16-27-17-14-23)20-10-8-7-9-11-20/h7-11,19,21H,5-6,12-18H2,1-4H3,(H2,24,25,26). The van der Waals surface area contributed by atoms with Gasteiger partial charge in [-0.2, -0.15) is 0 Å². The molecule has 2 rings (SSSR count). The third-order valence-corrected chi connectivity index (χ3v) is 5.57. The second-order valence-electron chi connectivity index (χ2n) is 7.91. The van der Waals surface area contributed by atoms with Gasteiger partial charge >= 0.3 is 0 Å². The van der Waals surface area contributed by atoms with Crippen LogP contribution in [0.25, 0.3) is 0 Å². The Labute approximate surface area is 171 Å². The highest BCUT2D eigenvalue weighted by Crippen LogP contribution is 2.35. The Bertz CT molecular complexity index is 568. The monoisotopic (exact) mass is 389 g/mol. The molecule has 0 aliphatic carbocycles. The highest BCUT2D eigenvalue weighted by molar-refractivity contribution is 5.79. The van der Waals surface area contributed by atoms with Gasteiger partial charge in [0.2, 0.25) is 0 Å². The molecular formula is C23H39N3O2. The summed E-state index contributed by atoms with van der Waals surface area (Å²) in [6, 6.07) is 10.8. The van der Waals surface area contributed by atoms with Crippen molar-refractivity contribution in [2.24, 2.45) is 10.9 Å². The fourth-order valence-electron chi connectivity index (χ4n) is 3.82. The van der Waals surface area contributed by atoms with E-state index in [0.29, 0.717) is 5.92 Å². The number of ether oxygens (including phenoxy) is 2. The summed E-state index contributed by atoms with van der Waals surface area (Å²) in [7, 11) is 0. The van der Waals surface area contributed by atoms with Crippen LogP contribution in [-0.2, 0) is 14.9 Å². The SMILES string of the molecule is CCNC(=NCC1(c2ccccc2)CCOCC1)NCCC(OCC)C(C)C. The normalized spacial score (nSPS) is 18.1. The third-order valence-electron chi connectivity index (χ3n) is 5.57. The first-order chi connectivity index (χ1) is 13.6.